The van der Waals surface area contributed by atoms with E-state index in [1.807, 2.05) is 12.1 Å². The summed E-state index contributed by atoms with van der Waals surface area (Å²) in [5.41, 5.74) is 0.802. The predicted octanol–water partition coefficient (Wildman–Crippen LogP) is 1.70. The minimum Gasteiger partial charge on any atom is -0.454 e. The Labute approximate surface area is 99.6 Å². The zero-order valence-electron chi connectivity index (χ0n) is 8.97. The van der Waals surface area contributed by atoms with E-state index in [2.05, 4.69) is 12.6 Å². The third kappa shape index (κ3) is 2.09. The molecular formula is C11H13NO3S. The monoisotopic (exact) mass is 239 g/mol. The zero-order chi connectivity index (χ0) is 11.5. The number of ether oxygens (including phenoxy) is 2. The number of nitrogens with zero attached hydrogens (tertiary/aromatic N) is 1. The van der Waals surface area contributed by atoms with Crippen molar-refractivity contribution in [1.82, 2.24) is 0 Å². The van der Waals surface area contributed by atoms with E-state index in [9.17, 15) is 4.79 Å². The Hall–Kier alpha value is -1.36. The first-order chi connectivity index (χ1) is 7.72. The maximum atomic E-state index is 11.6. The van der Waals surface area contributed by atoms with Gasteiger partial charge in [-0.3, -0.25) is 4.79 Å². The van der Waals surface area contributed by atoms with Crippen molar-refractivity contribution >= 4 is 24.2 Å². The largest absolute Gasteiger partial charge is 0.454 e. The highest BCUT2D eigenvalue weighted by molar-refractivity contribution is 7.80. The molecule has 1 heterocycles. The van der Waals surface area contributed by atoms with Gasteiger partial charge in [0.25, 0.3) is 0 Å². The fourth-order valence-corrected chi connectivity index (χ4v) is 1.69. The van der Waals surface area contributed by atoms with Gasteiger partial charge in [-0.1, -0.05) is 0 Å². The first-order valence-corrected chi connectivity index (χ1v) is 5.62. The van der Waals surface area contributed by atoms with Crippen LogP contribution in [0.5, 0.6) is 11.5 Å². The molecule has 0 saturated heterocycles. The summed E-state index contributed by atoms with van der Waals surface area (Å²) in [4.78, 5) is 13.2. The van der Waals surface area contributed by atoms with Crippen LogP contribution in [-0.2, 0) is 4.79 Å². The minimum absolute atomic E-state index is 0.0360. The molecule has 1 aromatic rings. The Kier molecular flexibility index (Phi) is 3.24. The average Bonchev–Trinajstić information content (AvgIpc) is 2.75. The fraction of sp³-hybridized carbons (Fsp3) is 0.364. The van der Waals surface area contributed by atoms with Crippen LogP contribution in [0.4, 0.5) is 5.69 Å². The van der Waals surface area contributed by atoms with Crippen molar-refractivity contribution in [2.75, 3.05) is 24.5 Å². The van der Waals surface area contributed by atoms with Gasteiger partial charge in [-0.2, -0.15) is 12.6 Å². The number of rotatable bonds is 3. The Morgan fingerprint density at radius 3 is 2.94 bits per heavy atom. The van der Waals surface area contributed by atoms with Gasteiger partial charge in [0, 0.05) is 25.2 Å². The number of hydrogen-bond donors (Lipinski definition) is 1. The molecule has 1 amide bonds. The number of anilines is 1. The Bertz CT molecular complexity index is 408. The molecule has 5 heteroatoms. The molecule has 0 aromatic heterocycles. The number of carbonyl (C=O) groups is 1. The van der Waals surface area contributed by atoms with Crippen molar-refractivity contribution in [1.29, 1.82) is 0 Å². The van der Waals surface area contributed by atoms with Crippen LogP contribution in [0.2, 0.25) is 0 Å². The number of hydrogen-bond acceptors (Lipinski definition) is 4. The van der Waals surface area contributed by atoms with Gasteiger partial charge in [0.2, 0.25) is 12.7 Å². The molecule has 16 heavy (non-hydrogen) atoms. The normalized spacial score (nSPS) is 12.6. The summed E-state index contributed by atoms with van der Waals surface area (Å²) in [5.74, 6) is 1.99. The van der Waals surface area contributed by atoms with Crippen LogP contribution in [0.1, 0.15) is 6.42 Å². The van der Waals surface area contributed by atoms with E-state index in [-0.39, 0.29) is 12.7 Å². The molecule has 4 nitrogen and oxygen atoms in total. The molecule has 86 valence electrons. The van der Waals surface area contributed by atoms with Crippen LogP contribution in [-0.4, -0.2) is 25.5 Å². The van der Waals surface area contributed by atoms with Gasteiger partial charge in [-0.05, 0) is 17.9 Å². The van der Waals surface area contributed by atoms with Gasteiger partial charge < -0.3 is 14.4 Å². The number of amides is 1. The second-order valence-corrected chi connectivity index (χ2v) is 3.91. The van der Waals surface area contributed by atoms with Gasteiger partial charge in [0.1, 0.15) is 0 Å². The molecule has 0 fully saturated rings. The lowest BCUT2D eigenvalue weighted by Gasteiger charge is -2.17. The summed E-state index contributed by atoms with van der Waals surface area (Å²) in [6.07, 6.45) is 0.425. The molecule has 0 aliphatic carbocycles. The summed E-state index contributed by atoms with van der Waals surface area (Å²) in [6, 6.07) is 5.45. The van der Waals surface area contributed by atoms with E-state index in [0.717, 1.165) is 11.4 Å². The summed E-state index contributed by atoms with van der Waals surface area (Å²) < 4.78 is 10.5. The van der Waals surface area contributed by atoms with Crippen molar-refractivity contribution in [3.05, 3.63) is 18.2 Å². The second-order valence-electron chi connectivity index (χ2n) is 3.46. The highest BCUT2D eigenvalue weighted by Crippen LogP contribution is 2.35. The van der Waals surface area contributed by atoms with E-state index in [4.69, 9.17) is 9.47 Å². The van der Waals surface area contributed by atoms with Gasteiger partial charge in [0.05, 0.1) is 0 Å². The Morgan fingerprint density at radius 2 is 2.19 bits per heavy atom. The highest BCUT2D eigenvalue weighted by atomic mass is 32.1. The van der Waals surface area contributed by atoms with E-state index < -0.39 is 0 Å². The molecule has 1 aliphatic rings. The molecule has 1 aromatic carbocycles. The SMILES string of the molecule is CN(C(=O)CCS)c1ccc2c(c1)OCO2. The van der Waals surface area contributed by atoms with Crippen molar-refractivity contribution in [2.24, 2.45) is 0 Å². The van der Waals surface area contributed by atoms with Crippen molar-refractivity contribution in [3.63, 3.8) is 0 Å². The van der Waals surface area contributed by atoms with Gasteiger partial charge in [-0.15, -0.1) is 0 Å². The van der Waals surface area contributed by atoms with Gasteiger partial charge in [0.15, 0.2) is 11.5 Å². The van der Waals surface area contributed by atoms with Crippen molar-refractivity contribution < 1.29 is 14.3 Å². The minimum atomic E-state index is 0.0360. The smallest absolute Gasteiger partial charge is 0.231 e. The van der Waals surface area contributed by atoms with E-state index >= 15 is 0 Å². The van der Waals surface area contributed by atoms with Gasteiger partial charge in [-0.25, -0.2) is 0 Å². The maximum absolute atomic E-state index is 11.6. The number of thiol groups is 1. The lowest BCUT2D eigenvalue weighted by Crippen LogP contribution is -2.26. The lowest BCUT2D eigenvalue weighted by molar-refractivity contribution is -0.117. The third-order valence-electron chi connectivity index (χ3n) is 2.44. The predicted molar refractivity (Wildman–Crippen MR) is 64.4 cm³/mol. The molecule has 1 aliphatic heterocycles. The van der Waals surface area contributed by atoms with E-state index in [1.54, 1.807) is 18.0 Å². The van der Waals surface area contributed by atoms with E-state index in [1.165, 1.54) is 0 Å². The third-order valence-corrected chi connectivity index (χ3v) is 2.67. The molecule has 0 saturated carbocycles. The average molecular weight is 239 g/mol. The lowest BCUT2D eigenvalue weighted by atomic mass is 10.2. The highest BCUT2D eigenvalue weighted by Gasteiger charge is 2.16. The first-order valence-electron chi connectivity index (χ1n) is 4.99. The van der Waals surface area contributed by atoms with Crippen molar-refractivity contribution in [2.45, 2.75) is 6.42 Å². The van der Waals surface area contributed by atoms with Crippen LogP contribution in [0.3, 0.4) is 0 Å². The van der Waals surface area contributed by atoms with Crippen LogP contribution < -0.4 is 14.4 Å². The molecule has 0 radical (unpaired) electrons. The van der Waals surface area contributed by atoms with Crippen molar-refractivity contribution in [3.8, 4) is 11.5 Å². The molecule has 2 rings (SSSR count). The van der Waals surface area contributed by atoms with Crippen LogP contribution in [0.15, 0.2) is 18.2 Å². The summed E-state index contributed by atoms with van der Waals surface area (Å²) in [7, 11) is 1.74. The number of benzene rings is 1. The topological polar surface area (TPSA) is 38.8 Å². The number of carbonyl (C=O) groups excluding carboxylic acids is 1. The molecule has 0 bridgehead atoms. The second kappa shape index (κ2) is 4.65. The van der Waals surface area contributed by atoms with Gasteiger partial charge >= 0.3 is 0 Å². The molecular weight excluding hydrogens is 226 g/mol. The quantitative estimate of drug-likeness (QED) is 0.816. The summed E-state index contributed by atoms with van der Waals surface area (Å²) in [6.45, 7) is 0.243. The van der Waals surface area contributed by atoms with Crippen LogP contribution >= 0.6 is 12.6 Å². The fourth-order valence-electron chi connectivity index (χ4n) is 1.50. The zero-order valence-corrected chi connectivity index (χ0v) is 9.87. The molecule has 0 unspecified atom stereocenters. The summed E-state index contributed by atoms with van der Waals surface area (Å²) >= 11 is 4.04. The summed E-state index contributed by atoms with van der Waals surface area (Å²) in [5, 5.41) is 0. The number of fused-ring (bicyclic) bond motifs is 1. The molecule has 0 atom stereocenters. The van der Waals surface area contributed by atoms with Crippen LogP contribution in [0, 0.1) is 0 Å². The molecule has 0 spiro atoms. The first kappa shape index (κ1) is 11.1. The van der Waals surface area contributed by atoms with E-state index in [0.29, 0.717) is 17.9 Å². The Morgan fingerprint density at radius 1 is 1.44 bits per heavy atom. The standard InChI is InChI=1S/C11H13NO3S/c1-12(11(13)4-5-16)8-2-3-9-10(6-8)15-7-14-9/h2-3,6,16H,4-5,7H2,1H3. The Balaban J connectivity index is 2.18. The molecule has 0 N–H and O–H groups in total. The van der Waals surface area contributed by atoms with Crippen LogP contribution in [0.25, 0.3) is 0 Å². The maximum Gasteiger partial charge on any atom is 0.231 e.